The van der Waals surface area contributed by atoms with Crippen molar-refractivity contribution in [3.63, 3.8) is 0 Å². The maximum absolute atomic E-state index is 5.03. The predicted octanol–water partition coefficient (Wildman–Crippen LogP) is 2.58. The fraction of sp³-hybridized carbons (Fsp3) is 0.143. The van der Waals surface area contributed by atoms with Gasteiger partial charge in [0.25, 0.3) is 0 Å². The van der Waals surface area contributed by atoms with Crippen molar-refractivity contribution in [1.82, 2.24) is 15.2 Å². The first-order valence-electron chi connectivity index (χ1n) is 6.01. The Morgan fingerprint density at radius 1 is 1.21 bits per heavy atom. The molecule has 2 N–H and O–H groups in total. The van der Waals surface area contributed by atoms with E-state index in [2.05, 4.69) is 20.5 Å². The molecule has 5 heteroatoms. The van der Waals surface area contributed by atoms with Crippen LogP contribution in [-0.2, 0) is 6.54 Å². The van der Waals surface area contributed by atoms with E-state index >= 15 is 0 Å². The standard InChI is InChI=1S/C14H14N4O/c1-19-14-5-2-10(8-16-14)7-15-12-4-3-11-9-17-18-13(11)6-12/h2-6,8-9,15H,7H2,1H3,(H,17,18). The molecule has 5 nitrogen and oxygen atoms in total. The highest BCUT2D eigenvalue weighted by atomic mass is 16.5. The van der Waals surface area contributed by atoms with E-state index in [1.807, 2.05) is 36.5 Å². The van der Waals surface area contributed by atoms with Crippen LogP contribution in [-0.4, -0.2) is 22.3 Å². The highest BCUT2D eigenvalue weighted by Gasteiger charge is 1.99. The Balaban J connectivity index is 1.70. The normalized spacial score (nSPS) is 10.6. The van der Waals surface area contributed by atoms with E-state index in [1.165, 1.54) is 0 Å². The Hall–Kier alpha value is -2.56. The molecular formula is C14H14N4O. The highest BCUT2D eigenvalue weighted by Crippen LogP contribution is 2.17. The molecule has 0 atom stereocenters. The van der Waals surface area contributed by atoms with Gasteiger partial charge in [0.2, 0.25) is 5.88 Å². The molecule has 0 radical (unpaired) electrons. The third kappa shape index (κ3) is 2.49. The number of hydrogen-bond donors (Lipinski definition) is 2. The molecule has 0 bridgehead atoms. The Labute approximate surface area is 110 Å². The third-order valence-electron chi connectivity index (χ3n) is 2.95. The third-order valence-corrected chi connectivity index (χ3v) is 2.95. The topological polar surface area (TPSA) is 62.8 Å². The van der Waals surface area contributed by atoms with Crippen molar-refractivity contribution in [2.24, 2.45) is 0 Å². The van der Waals surface area contributed by atoms with Gasteiger partial charge < -0.3 is 10.1 Å². The summed E-state index contributed by atoms with van der Waals surface area (Å²) in [5.41, 5.74) is 3.18. The van der Waals surface area contributed by atoms with Crippen LogP contribution in [0.2, 0.25) is 0 Å². The van der Waals surface area contributed by atoms with Crippen molar-refractivity contribution in [3.05, 3.63) is 48.3 Å². The zero-order valence-corrected chi connectivity index (χ0v) is 10.6. The van der Waals surface area contributed by atoms with Crippen molar-refractivity contribution >= 4 is 16.6 Å². The number of nitrogens with zero attached hydrogens (tertiary/aromatic N) is 2. The lowest BCUT2D eigenvalue weighted by Crippen LogP contribution is -2.00. The number of hydrogen-bond acceptors (Lipinski definition) is 4. The first-order chi connectivity index (χ1) is 9.35. The number of nitrogens with one attached hydrogen (secondary N) is 2. The number of H-pyrrole nitrogens is 1. The summed E-state index contributed by atoms with van der Waals surface area (Å²) in [5, 5.41) is 11.4. The molecular weight excluding hydrogens is 240 g/mol. The summed E-state index contributed by atoms with van der Waals surface area (Å²) in [6, 6.07) is 9.96. The van der Waals surface area contributed by atoms with Crippen molar-refractivity contribution in [2.75, 3.05) is 12.4 Å². The van der Waals surface area contributed by atoms with Crippen LogP contribution in [0.25, 0.3) is 10.9 Å². The minimum absolute atomic E-state index is 0.627. The SMILES string of the molecule is COc1ccc(CNc2ccc3cn[nH]c3c2)cn1. The molecule has 0 saturated carbocycles. The summed E-state index contributed by atoms with van der Waals surface area (Å²) in [5.74, 6) is 0.627. The average Bonchev–Trinajstić information content (AvgIpc) is 2.93. The Bertz CT molecular complexity index is 675. The van der Waals surface area contributed by atoms with Gasteiger partial charge in [-0.3, -0.25) is 5.10 Å². The molecule has 0 aliphatic heterocycles. The number of methoxy groups -OCH3 is 1. The number of anilines is 1. The van der Waals surface area contributed by atoms with Crippen molar-refractivity contribution in [2.45, 2.75) is 6.54 Å². The van der Waals surface area contributed by atoms with Gasteiger partial charge in [-0.15, -0.1) is 0 Å². The lowest BCUT2D eigenvalue weighted by molar-refractivity contribution is 0.397. The van der Waals surface area contributed by atoms with Gasteiger partial charge >= 0.3 is 0 Å². The number of fused-ring (bicyclic) bond motifs is 1. The molecule has 0 amide bonds. The van der Waals surface area contributed by atoms with Gasteiger partial charge in [0.1, 0.15) is 0 Å². The number of pyridine rings is 1. The van der Waals surface area contributed by atoms with E-state index in [9.17, 15) is 0 Å². The summed E-state index contributed by atoms with van der Waals surface area (Å²) in [6.45, 7) is 0.719. The van der Waals surface area contributed by atoms with Crippen molar-refractivity contribution in [1.29, 1.82) is 0 Å². The molecule has 19 heavy (non-hydrogen) atoms. The van der Waals surface area contributed by atoms with E-state index < -0.39 is 0 Å². The molecule has 0 fully saturated rings. The lowest BCUT2D eigenvalue weighted by atomic mass is 10.2. The summed E-state index contributed by atoms with van der Waals surface area (Å²) in [4.78, 5) is 4.17. The predicted molar refractivity (Wildman–Crippen MR) is 74.2 cm³/mol. The number of rotatable bonds is 4. The fourth-order valence-corrected chi connectivity index (χ4v) is 1.89. The smallest absolute Gasteiger partial charge is 0.212 e. The van der Waals surface area contributed by atoms with Crippen LogP contribution in [0.3, 0.4) is 0 Å². The highest BCUT2D eigenvalue weighted by molar-refractivity contribution is 5.81. The number of ether oxygens (including phenoxy) is 1. The summed E-state index contributed by atoms with van der Waals surface area (Å²) in [7, 11) is 1.61. The zero-order chi connectivity index (χ0) is 13.1. The molecule has 2 aromatic heterocycles. The second kappa shape index (κ2) is 4.97. The first-order valence-corrected chi connectivity index (χ1v) is 6.01. The maximum Gasteiger partial charge on any atom is 0.212 e. The maximum atomic E-state index is 5.03. The zero-order valence-electron chi connectivity index (χ0n) is 10.6. The second-order valence-corrected chi connectivity index (χ2v) is 4.23. The molecule has 0 aliphatic rings. The molecule has 0 saturated heterocycles. The van der Waals surface area contributed by atoms with E-state index in [0.29, 0.717) is 5.88 Å². The molecule has 2 heterocycles. The molecule has 96 valence electrons. The van der Waals surface area contributed by atoms with Gasteiger partial charge in [0.15, 0.2) is 0 Å². The van der Waals surface area contributed by atoms with Gasteiger partial charge in [0.05, 0.1) is 18.8 Å². The van der Waals surface area contributed by atoms with Crippen LogP contribution < -0.4 is 10.1 Å². The molecule has 3 aromatic rings. The lowest BCUT2D eigenvalue weighted by Gasteiger charge is -2.07. The monoisotopic (exact) mass is 254 g/mol. The van der Waals surface area contributed by atoms with Crippen LogP contribution in [0.1, 0.15) is 5.56 Å². The minimum Gasteiger partial charge on any atom is -0.481 e. The Morgan fingerprint density at radius 3 is 2.95 bits per heavy atom. The van der Waals surface area contributed by atoms with Gasteiger partial charge in [-0.1, -0.05) is 6.07 Å². The van der Waals surface area contributed by atoms with Crippen molar-refractivity contribution < 1.29 is 4.74 Å². The average molecular weight is 254 g/mol. The van der Waals surface area contributed by atoms with Crippen LogP contribution in [0, 0.1) is 0 Å². The van der Waals surface area contributed by atoms with Crippen LogP contribution >= 0.6 is 0 Å². The van der Waals surface area contributed by atoms with E-state index in [0.717, 1.165) is 28.7 Å². The van der Waals surface area contributed by atoms with Gasteiger partial charge in [0, 0.05) is 29.9 Å². The van der Waals surface area contributed by atoms with E-state index in [-0.39, 0.29) is 0 Å². The molecule has 0 spiro atoms. The number of aromatic amines is 1. The molecule has 3 rings (SSSR count). The Morgan fingerprint density at radius 2 is 2.16 bits per heavy atom. The largest absolute Gasteiger partial charge is 0.481 e. The van der Waals surface area contributed by atoms with Crippen LogP contribution in [0.4, 0.5) is 5.69 Å². The number of aromatic nitrogens is 3. The molecule has 0 aliphatic carbocycles. The van der Waals surface area contributed by atoms with Gasteiger partial charge in [-0.05, 0) is 23.8 Å². The fourth-order valence-electron chi connectivity index (χ4n) is 1.89. The van der Waals surface area contributed by atoms with Gasteiger partial charge in [-0.2, -0.15) is 5.10 Å². The van der Waals surface area contributed by atoms with Gasteiger partial charge in [-0.25, -0.2) is 4.98 Å². The molecule has 1 aromatic carbocycles. The molecule has 0 unspecified atom stereocenters. The van der Waals surface area contributed by atoms with E-state index in [1.54, 1.807) is 13.3 Å². The summed E-state index contributed by atoms with van der Waals surface area (Å²) >= 11 is 0. The summed E-state index contributed by atoms with van der Waals surface area (Å²) < 4.78 is 5.03. The first kappa shape index (κ1) is 11.5. The summed E-state index contributed by atoms with van der Waals surface area (Å²) in [6.07, 6.45) is 3.62. The second-order valence-electron chi connectivity index (χ2n) is 4.23. The Kier molecular flexibility index (Phi) is 3.02. The minimum atomic E-state index is 0.627. The van der Waals surface area contributed by atoms with Crippen LogP contribution in [0.5, 0.6) is 5.88 Å². The quantitative estimate of drug-likeness (QED) is 0.751. The van der Waals surface area contributed by atoms with Crippen molar-refractivity contribution in [3.8, 4) is 5.88 Å². The van der Waals surface area contributed by atoms with E-state index in [4.69, 9.17) is 4.74 Å². The number of benzene rings is 1. The van der Waals surface area contributed by atoms with Crippen LogP contribution in [0.15, 0.2) is 42.7 Å².